The van der Waals surface area contributed by atoms with Crippen molar-refractivity contribution in [1.29, 1.82) is 0 Å². The zero-order valence-electron chi connectivity index (χ0n) is 12.4. The number of halogens is 1. The van der Waals surface area contributed by atoms with Gasteiger partial charge in [-0.25, -0.2) is 9.18 Å². The number of fused-ring (bicyclic) bond motifs is 1. The Morgan fingerprint density at radius 2 is 2.18 bits per heavy atom. The molecule has 0 radical (unpaired) electrons. The third kappa shape index (κ3) is 2.82. The SMILES string of the molecule is Cc1cc(C)c(C(=O)OCc2cc(F)cc3c2OCOC3)[nH]1. The molecule has 1 aromatic carbocycles. The number of carbonyl (C=O) groups excluding carboxylic acids is 1. The minimum absolute atomic E-state index is 0.0591. The fourth-order valence-corrected chi connectivity index (χ4v) is 2.52. The number of rotatable bonds is 3. The fourth-order valence-electron chi connectivity index (χ4n) is 2.52. The molecule has 0 fully saturated rings. The summed E-state index contributed by atoms with van der Waals surface area (Å²) in [4.78, 5) is 15.0. The van der Waals surface area contributed by atoms with Gasteiger partial charge >= 0.3 is 5.97 Å². The number of hydrogen-bond donors (Lipinski definition) is 1. The maximum atomic E-state index is 13.6. The summed E-state index contributed by atoms with van der Waals surface area (Å²) in [5.74, 6) is -0.360. The standard InChI is InChI=1S/C16H16FNO4/c1-9-3-10(2)18-14(9)16(19)21-7-12-5-13(17)4-11-6-20-8-22-15(11)12/h3-5,18H,6-8H2,1-2H3. The van der Waals surface area contributed by atoms with Gasteiger partial charge in [0.2, 0.25) is 0 Å². The first-order valence-corrected chi connectivity index (χ1v) is 6.90. The molecule has 1 N–H and O–H groups in total. The number of aromatic nitrogens is 1. The molecule has 0 atom stereocenters. The van der Waals surface area contributed by atoms with Crippen molar-refractivity contribution in [2.75, 3.05) is 6.79 Å². The molecule has 3 rings (SSSR count). The summed E-state index contributed by atoms with van der Waals surface area (Å²) in [6, 6.07) is 4.53. The highest BCUT2D eigenvalue weighted by Crippen LogP contribution is 2.30. The van der Waals surface area contributed by atoms with E-state index >= 15 is 0 Å². The first-order valence-electron chi connectivity index (χ1n) is 6.90. The summed E-state index contributed by atoms with van der Waals surface area (Å²) >= 11 is 0. The van der Waals surface area contributed by atoms with E-state index in [9.17, 15) is 9.18 Å². The van der Waals surface area contributed by atoms with E-state index in [1.165, 1.54) is 12.1 Å². The lowest BCUT2D eigenvalue weighted by molar-refractivity contribution is -0.0183. The van der Waals surface area contributed by atoms with Crippen LogP contribution >= 0.6 is 0 Å². The molecule has 6 heteroatoms. The van der Waals surface area contributed by atoms with Gasteiger partial charge < -0.3 is 19.2 Å². The van der Waals surface area contributed by atoms with E-state index in [-0.39, 0.29) is 20.0 Å². The Kier molecular flexibility index (Phi) is 3.85. The maximum Gasteiger partial charge on any atom is 0.355 e. The Balaban J connectivity index is 1.78. The third-order valence-corrected chi connectivity index (χ3v) is 3.46. The third-order valence-electron chi connectivity index (χ3n) is 3.46. The summed E-state index contributed by atoms with van der Waals surface area (Å²) in [7, 11) is 0. The van der Waals surface area contributed by atoms with E-state index < -0.39 is 11.8 Å². The number of H-pyrrole nitrogens is 1. The number of ether oxygens (including phenoxy) is 3. The van der Waals surface area contributed by atoms with Crippen molar-refractivity contribution in [3.05, 3.63) is 52.1 Å². The molecular weight excluding hydrogens is 289 g/mol. The lowest BCUT2D eigenvalue weighted by Gasteiger charge is -2.20. The van der Waals surface area contributed by atoms with E-state index in [2.05, 4.69) is 4.98 Å². The number of hydrogen-bond acceptors (Lipinski definition) is 4. The second-order valence-corrected chi connectivity index (χ2v) is 5.25. The number of nitrogens with one attached hydrogen (secondary N) is 1. The Morgan fingerprint density at radius 3 is 2.91 bits per heavy atom. The molecule has 0 spiro atoms. The zero-order chi connectivity index (χ0) is 15.7. The molecule has 2 heterocycles. The number of aromatic amines is 1. The van der Waals surface area contributed by atoms with Crippen LogP contribution in [0.5, 0.6) is 5.75 Å². The fraction of sp³-hybridized carbons (Fsp3) is 0.312. The molecule has 1 aromatic heterocycles. The molecule has 0 unspecified atom stereocenters. The number of aryl methyl sites for hydroxylation is 2. The zero-order valence-corrected chi connectivity index (χ0v) is 12.4. The average Bonchev–Trinajstić information content (AvgIpc) is 2.83. The summed E-state index contributed by atoms with van der Waals surface area (Å²) in [6.07, 6.45) is 0. The smallest absolute Gasteiger partial charge is 0.355 e. The predicted molar refractivity (Wildman–Crippen MR) is 76.1 cm³/mol. The predicted octanol–water partition coefficient (Wildman–Crippen LogP) is 2.99. The van der Waals surface area contributed by atoms with Crippen LogP contribution in [0.15, 0.2) is 18.2 Å². The van der Waals surface area contributed by atoms with E-state index in [0.717, 1.165) is 11.3 Å². The van der Waals surface area contributed by atoms with Crippen molar-refractivity contribution in [2.24, 2.45) is 0 Å². The van der Waals surface area contributed by atoms with Crippen LogP contribution < -0.4 is 4.74 Å². The first kappa shape index (κ1) is 14.6. The summed E-state index contributed by atoms with van der Waals surface area (Å²) in [5.41, 5.74) is 3.21. The Hall–Kier alpha value is -2.34. The van der Waals surface area contributed by atoms with Crippen molar-refractivity contribution in [1.82, 2.24) is 4.98 Å². The largest absolute Gasteiger partial charge is 0.467 e. The maximum absolute atomic E-state index is 13.6. The Morgan fingerprint density at radius 1 is 1.36 bits per heavy atom. The molecule has 5 nitrogen and oxygen atoms in total. The second-order valence-electron chi connectivity index (χ2n) is 5.25. The van der Waals surface area contributed by atoms with Gasteiger partial charge in [-0.1, -0.05) is 0 Å². The van der Waals surface area contributed by atoms with Gasteiger partial charge in [-0.2, -0.15) is 0 Å². The Labute approximate surface area is 127 Å². The molecular formula is C16H16FNO4. The van der Waals surface area contributed by atoms with Gasteiger partial charge in [0.15, 0.2) is 6.79 Å². The van der Waals surface area contributed by atoms with E-state index in [0.29, 0.717) is 22.6 Å². The minimum atomic E-state index is -0.476. The summed E-state index contributed by atoms with van der Waals surface area (Å²) in [6.45, 7) is 4.01. The molecule has 2 aromatic rings. The highest BCUT2D eigenvalue weighted by Gasteiger charge is 2.19. The van der Waals surface area contributed by atoms with Crippen molar-refractivity contribution < 1.29 is 23.4 Å². The monoisotopic (exact) mass is 305 g/mol. The molecule has 1 aliphatic rings. The van der Waals surface area contributed by atoms with Crippen molar-refractivity contribution in [3.8, 4) is 5.75 Å². The lowest BCUT2D eigenvalue weighted by Crippen LogP contribution is -2.15. The van der Waals surface area contributed by atoms with Gasteiger partial charge in [-0.15, -0.1) is 0 Å². The van der Waals surface area contributed by atoms with Gasteiger partial charge in [0, 0.05) is 16.8 Å². The van der Waals surface area contributed by atoms with E-state index in [4.69, 9.17) is 14.2 Å². The van der Waals surface area contributed by atoms with Crippen LogP contribution in [0.25, 0.3) is 0 Å². The molecule has 1 aliphatic heterocycles. The first-order chi connectivity index (χ1) is 10.5. The highest BCUT2D eigenvalue weighted by molar-refractivity contribution is 5.89. The van der Waals surface area contributed by atoms with Crippen LogP contribution in [-0.2, 0) is 22.7 Å². The summed E-state index contributed by atoms with van der Waals surface area (Å²) in [5, 5.41) is 0. The van der Waals surface area contributed by atoms with Crippen LogP contribution in [0.1, 0.15) is 32.9 Å². The van der Waals surface area contributed by atoms with Gasteiger partial charge in [0.1, 0.15) is 23.9 Å². The normalized spacial score (nSPS) is 13.4. The van der Waals surface area contributed by atoms with Gasteiger partial charge in [0.05, 0.1) is 6.61 Å². The molecule has 22 heavy (non-hydrogen) atoms. The van der Waals surface area contributed by atoms with Crippen molar-refractivity contribution >= 4 is 5.97 Å². The highest BCUT2D eigenvalue weighted by atomic mass is 19.1. The van der Waals surface area contributed by atoms with Crippen LogP contribution in [0.2, 0.25) is 0 Å². The van der Waals surface area contributed by atoms with Crippen LogP contribution in [0, 0.1) is 19.7 Å². The van der Waals surface area contributed by atoms with E-state index in [1.54, 1.807) is 0 Å². The molecule has 0 amide bonds. The van der Waals surface area contributed by atoms with Gasteiger partial charge in [-0.3, -0.25) is 0 Å². The van der Waals surface area contributed by atoms with E-state index in [1.807, 2.05) is 19.9 Å². The summed E-state index contributed by atoms with van der Waals surface area (Å²) < 4.78 is 29.4. The lowest BCUT2D eigenvalue weighted by atomic mass is 10.1. The molecule has 0 bridgehead atoms. The minimum Gasteiger partial charge on any atom is -0.467 e. The number of carbonyl (C=O) groups is 1. The average molecular weight is 305 g/mol. The molecule has 0 saturated carbocycles. The van der Waals surface area contributed by atoms with Crippen LogP contribution in [0.3, 0.4) is 0 Å². The number of esters is 1. The second kappa shape index (κ2) is 5.81. The van der Waals surface area contributed by atoms with Gasteiger partial charge in [-0.05, 0) is 37.6 Å². The molecule has 0 saturated heterocycles. The van der Waals surface area contributed by atoms with Crippen LogP contribution in [0.4, 0.5) is 4.39 Å². The molecule has 116 valence electrons. The van der Waals surface area contributed by atoms with Crippen molar-refractivity contribution in [3.63, 3.8) is 0 Å². The Bertz CT molecular complexity index is 723. The number of benzene rings is 1. The van der Waals surface area contributed by atoms with Gasteiger partial charge in [0.25, 0.3) is 0 Å². The van der Waals surface area contributed by atoms with Crippen LogP contribution in [-0.4, -0.2) is 17.7 Å². The quantitative estimate of drug-likeness (QED) is 0.886. The molecule has 0 aliphatic carbocycles. The van der Waals surface area contributed by atoms with Crippen molar-refractivity contribution in [2.45, 2.75) is 27.1 Å². The topological polar surface area (TPSA) is 60.6 Å².